The summed E-state index contributed by atoms with van der Waals surface area (Å²) in [5, 5.41) is 14.4. The number of nitrogens with zero attached hydrogens (tertiary/aromatic N) is 1. The highest BCUT2D eigenvalue weighted by Crippen LogP contribution is 2.09. The Hall–Kier alpha value is -2.35. The molecule has 0 aliphatic heterocycles. The number of halogens is 1. The molecule has 1 rings (SSSR count). The van der Waals surface area contributed by atoms with Gasteiger partial charge in [0.1, 0.15) is 17.5 Å². The first-order chi connectivity index (χ1) is 9.67. The van der Waals surface area contributed by atoms with Gasteiger partial charge in [-0.25, -0.2) is 4.39 Å². The Morgan fingerprint density at radius 1 is 1.35 bits per heavy atom. The van der Waals surface area contributed by atoms with E-state index >= 15 is 0 Å². The van der Waals surface area contributed by atoms with Crippen LogP contribution in [0.5, 0.6) is 0 Å². The molecule has 0 atom stereocenters. The number of benzene rings is 1. The molecule has 0 fully saturated rings. The Balaban J connectivity index is 2.52. The Labute approximate surface area is 118 Å². The summed E-state index contributed by atoms with van der Waals surface area (Å²) in [5.41, 5.74) is 0.439. The van der Waals surface area contributed by atoms with E-state index in [4.69, 9.17) is 5.26 Å². The zero-order valence-corrected chi connectivity index (χ0v) is 11.4. The Kier molecular flexibility index (Phi) is 6.83. The van der Waals surface area contributed by atoms with E-state index < -0.39 is 5.91 Å². The van der Waals surface area contributed by atoms with Crippen molar-refractivity contribution in [3.8, 4) is 6.07 Å². The van der Waals surface area contributed by atoms with E-state index in [0.29, 0.717) is 5.69 Å². The van der Waals surface area contributed by atoms with Gasteiger partial charge in [0.2, 0.25) is 0 Å². The molecular formula is C15H18FN3O. The number of unbranched alkanes of at least 4 members (excludes halogenated alkanes) is 2. The molecule has 0 heterocycles. The van der Waals surface area contributed by atoms with Gasteiger partial charge < -0.3 is 10.6 Å². The zero-order valence-electron chi connectivity index (χ0n) is 11.4. The van der Waals surface area contributed by atoms with E-state index in [2.05, 4.69) is 17.6 Å². The molecule has 4 nitrogen and oxygen atoms in total. The van der Waals surface area contributed by atoms with Crippen LogP contribution >= 0.6 is 0 Å². The number of carbonyl (C=O) groups excluding carboxylic acids is 1. The minimum absolute atomic E-state index is 0.00850. The number of nitrogens with one attached hydrogen (secondary N) is 2. The molecule has 1 aromatic rings. The van der Waals surface area contributed by atoms with Crippen molar-refractivity contribution in [1.82, 2.24) is 5.32 Å². The van der Waals surface area contributed by atoms with Crippen molar-refractivity contribution in [2.75, 3.05) is 11.9 Å². The predicted octanol–water partition coefficient (Wildman–Crippen LogP) is 2.95. The lowest BCUT2D eigenvalue weighted by Crippen LogP contribution is -2.17. The van der Waals surface area contributed by atoms with Crippen LogP contribution in [0.1, 0.15) is 26.2 Å². The first-order valence-electron chi connectivity index (χ1n) is 6.58. The van der Waals surface area contributed by atoms with E-state index in [-0.39, 0.29) is 11.4 Å². The molecular weight excluding hydrogens is 257 g/mol. The van der Waals surface area contributed by atoms with Gasteiger partial charge >= 0.3 is 0 Å². The second kappa shape index (κ2) is 8.70. The highest BCUT2D eigenvalue weighted by atomic mass is 19.1. The summed E-state index contributed by atoms with van der Waals surface area (Å²) in [4.78, 5) is 11.8. The van der Waals surface area contributed by atoms with E-state index in [1.807, 2.05) is 6.07 Å². The summed E-state index contributed by atoms with van der Waals surface area (Å²) in [5.74, 6) is -0.890. The van der Waals surface area contributed by atoms with E-state index in [0.717, 1.165) is 25.8 Å². The number of anilines is 1. The maximum Gasteiger partial charge on any atom is 0.267 e. The lowest BCUT2D eigenvalue weighted by Gasteiger charge is -2.05. The number of carbonyl (C=O) groups is 1. The monoisotopic (exact) mass is 275 g/mol. The van der Waals surface area contributed by atoms with Gasteiger partial charge in [0.05, 0.1) is 0 Å². The van der Waals surface area contributed by atoms with Crippen molar-refractivity contribution >= 4 is 11.6 Å². The fourth-order valence-electron chi connectivity index (χ4n) is 1.53. The molecule has 106 valence electrons. The van der Waals surface area contributed by atoms with Gasteiger partial charge in [-0.1, -0.05) is 19.8 Å². The van der Waals surface area contributed by atoms with E-state index in [1.54, 1.807) is 0 Å². The second-order valence-corrected chi connectivity index (χ2v) is 4.29. The predicted molar refractivity (Wildman–Crippen MR) is 76.3 cm³/mol. The van der Waals surface area contributed by atoms with Crippen LogP contribution in [0.4, 0.5) is 10.1 Å². The molecule has 20 heavy (non-hydrogen) atoms. The van der Waals surface area contributed by atoms with Gasteiger partial charge in [-0.3, -0.25) is 4.79 Å². The van der Waals surface area contributed by atoms with Crippen LogP contribution < -0.4 is 10.6 Å². The van der Waals surface area contributed by atoms with Crippen molar-refractivity contribution in [1.29, 1.82) is 5.26 Å². The number of rotatable bonds is 7. The summed E-state index contributed by atoms with van der Waals surface area (Å²) >= 11 is 0. The van der Waals surface area contributed by atoms with Gasteiger partial charge in [-0.05, 0) is 30.7 Å². The van der Waals surface area contributed by atoms with Crippen LogP contribution in [0, 0.1) is 17.1 Å². The lowest BCUT2D eigenvalue weighted by atomic mass is 10.2. The minimum atomic E-state index is -0.512. The second-order valence-electron chi connectivity index (χ2n) is 4.29. The SMILES string of the molecule is CCCCCN/C=C(/C#N)C(=O)Nc1ccc(F)cc1. The van der Waals surface area contributed by atoms with Crippen LogP contribution in [-0.4, -0.2) is 12.5 Å². The number of amides is 1. The summed E-state index contributed by atoms with van der Waals surface area (Å²) in [6.45, 7) is 2.83. The van der Waals surface area contributed by atoms with E-state index in [1.165, 1.54) is 30.5 Å². The Morgan fingerprint density at radius 2 is 2.05 bits per heavy atom. The Morgan fingerprint density at radius 3 is 2.65 bits per heavy atom. The van der Waals surface area contributed by atoms with Crippen LogP contribution in [0.25, 0.3) is 0 Å². The molecule has 1 amide bonds. The molecule has 1 aromatic carbocycles. The molecule has 0 aliphatic carbocycles. The fourth-order valence-corrected chi connectivity index (χ4v) is 1.53. The summed E-state index contributed by atoms with van der Waals surface area (Å²) < 4.78 is 12.7. The smallest absolute Gasteiger partial charge is 0.267 e. The molecule has 0 saturated heterocycles. The van der Waals surface area contributed by atoms with Gasteiger partial charge in [-0.15, -0.1) is 0 Å². The van der Waals surface area contributed by atoms with Crippen molar-refractivity contribution in [2.45, 2.75) is 26.2 Å². The molecule has 0 aromatic heterocycles. The average Bonchev–Trinajstić information content (AvgIpc) is 2.45. The molecule has 0 aliphatic rings. The normalized spacial score (nSPS) is 10.8. The Bertz CT molecular complexity index is 503. The maximum atomic E-state index is 12.7. The van der Waals surface area contributed by atoms with Crippen LogP contribution in [0.3, 0.4) is 0 Å². The quantitative estimate of drug-likeness (QED) is 0.457. The molecule has 0 bridgehead atoms. The summed E-state index contributed by atoms with van der Waals surface area (Å²) in [7, 11) is 0. The molecule has 5 heteroatoms. The van der Waals surface area contributed by atoms with Crippen LogP contribution in [-0.2, 0) is 4.79 Å². The van der Waals surface area contributed by atoms with Crippen molar-refractivity contribution in [3.63, 3.8) is 0 Å². The van der Waals surface area contributed by atoms with Gasteiger partial charge in [-0.2, -0.15) is 5.26 Å². The van der Waals surface area contributed by atoms with Crippen LogP contribution in [0.2, 0.25) is 0 Å². The summed E-state index contributed by atoms with van der Waals surface area (Å²) in [6, 6.07) is 7.21. The molecule has 2 N–H and O–H groups in total. The number of hydrogen-bond donors (Lipinski definition) is 2. The van der Waals surface area contributed by atoms with Crippen molar-refractivity contribution < 1.29 is 9.18 Å². The molecule has 0 unspecified atom stereocenters. The number of nitriles is 1. The van der Waals surface area contributed by atoms with E-state index in [9.17, 15) is 9.18 Å². The third kappa shape index (κ3) is 5.53. The minimum Gasteiger partial charge on any atom is -0.390 e. The zero-order chi connectivity index (χ0) is 14.8. The van der Waals surface area contributed by atoms with Crippen molar-refractivity contribution in [2.24, 2.45) is 0 Å². The average molecular weight is 275 g/mol. The third-order valence-corrected chi connectivity index (χ3v) is 2.64. The summed E-state index contributed by atoms with van der Waals surface area (Å²) in [6.07, 6.45) is 4.62. The number of hydrogen-bond acceptors (Lipinski definition) is 3. The van der Waals surface area contributed by atoms with Gasteiger partial charge in [0, 0.05) is 18.4 Å². The first-order valence-corrected chi connectivity index (χ1v) is 6.58. The molecule has 0 saturated carbocycles. The van der Waals surface area contributed by atoms with Gasteiger partial charge in [0.25, 0.3) is 5.91 Å². The van der Waals surface area contributed by atoms with Crippen LogP contribution in [0.15, 0.2) is 36.0 Å². The molecule has 0 radical (unpaired) electrons. The lowest BCUT2D eigenvalue weighted by molar-refractivity contribution is -0.112. The highest BCUT2D eigenvalue weighted by molar-refractivity contribution is 6.06. The first kappa shape index (κ1) is 15.7. The largest absolute Gasteiger partial charge is 0.390 e. The van der Waals surface area contributed by atoms with Crippen molar-refractivity contribution in [3.05, 3.63) is 41.9 Å². The third-order valence-electron chi connectivity index (χ3n) is 2.64. The van der Waals surface area contributed by atoms with Gasteiger partial charge in [0.15, 0.2) is 0 Å². The maximum absolute atomic E-state index is 12.7. The molecule has 0 spiro atoms. The standard InChI is InChI=1S/C15H18FN3O/c1-2-3-4-9-18-11-12(10-17)15(20)19-14-7-5-13(16)6-8-14/h5-8,11,18H,2-4,9H2,1H3,(H,19,20)/b12-11-. The fraction of sp³-hybridized carbons (Fsp3) is 0.333. The highest BCUT2D eigenvalue weighted by Gasteiger charge is 2.08. The topological polar surface area (TPSA) is 64.9 Å².